The van der Waals surface area contributed by atoms with Crippen molar-refractivity contribution >= 4 is 35.6 Å². The number of ether oxygens (including phenoxy) is 3. The van der Waals surface area contributed by atoms with Crippen LogP contribution in [0.1, 0.15) is 39.5 Å². The highest BCUT2D eigenvalue weighted by molar-refractivity contribution is 5.93. The Bertz CT molecular complexity index is 755. The number of hydrogen-bond donors (Lipinski definition) is 3. The van der Waals surface area contributed by atoms with Crippen molar-refractivity contribution in [2.24, 2.45) is 23.1 Å². The standard InChI is InChI=1S/C10H16N2O4.C7H10O4.C4H10N2O/c1-3-7(9(11)14)12-5-6(4-8(12)13)10(15)16-2;1-5(7(9)11-3)4-6(8)10-2;1-2-3(5)4(6)7/h6-7H,3-5H2,1-2H3,(H2,11,14);1,4H2,2-3H3;3H,2,5H2,1H3,(H2,6,7)/t6?,7-;;3-/m0.0/s1. The Balaban J connectivity index is 0. The third-order valence-electron chi connectivity index (χ3n) is 4.65. The second-order valence-electron chi connectivity index (χ2n) is 7.06. The van der Waals surface area contributed by atoms with Gasteiger partial charge in [-0.05, 0) is 12.8 Å². The van der Waals surface area contributed by atoms with Gasteiger partial charge in [0.15, 0.2) is 0 Å². The van der Waals surface area contributed by atoms with E-state index in [1.807, 2.05) is 6.92 Å². The first kappa shape index (κ1) is 32.7. The fraction of sp³-hybridized carbons (Fsp3) is 0.619. The Labute approximate surface area is 198 Å². The molecule has 0 aromatic rings. The van der Waals surface area contributed by atoms with Gasteiger partial charge < -0.3 is 36.3 Å². The third-order valence-corrected chi connectivity index (χ3v) is 4.65. The van der Waals surface area contributed by atoms with Crippen molar-refractivity contribution in [3.8, 4) is 0 Å². The van der Waals surface area contributed by atoms with Crippen LogP contribution in [-0.2, 0) is 43.0 Å². The van der Waals surface area contributed by atoms with Gasteiger partial charge in [-0.2, -0.15) is 0 Å². The Morgan fingerprint density at radius 2 is 1.56 bits per heavy atom. The predicted octanol–water partition coefficient (Wildman–Crippen LogP) is -1.24. The smallest absolute Gasteiger partial charge is 0.333 e. The van der Waals surface area contributed by atoms with Crippen molar-refractivity contribution in [2.45, 2.75) is 51.6 Å². The summed E-state index contributed by atoms with van der Waals surface area (Å²) in [4.78, 5) is 66.6. The van der Waals surface area contributed by atoms with Gasteiger partial charge in [0.1, 0.15) is 6.04 Å². The summed E-state index contributed by atoms with van der Waals surface area (Å²) in [5.74, 6) is -3.18. The van der Waals surface area contributed by atoms with Gasteiger partial charge in [-0.15, -0.1) is 0 Å². The molecule has 3 atom stereocenters. The molecule has 1 aliphatic rings. The minimum atomic E-state index is -0.623. The Hall–Kier alpha value is -3.48. The third kappa shape index (κ3) is 11.9. The summed E-state index contributed by atoms with van der Waals surface area (Å²) in [5, 5.41) is 0. The van der Waals surface area contributed by atoms with Crippen molar-refractivity contribution in [3.63, 3.8) is 0 Å². The zero-order chi connectivity index (χ0) is 27.0. The molecule has 13 heteroatoms. The molecule has 194 valence electrons. The molecule has 1 unspecified atom stereocenters. The van der Waals surface area contributed by atoms with Gasteiger partial charge in [0.05, 0.1) is 39.7 Å². The molecule has 0 bridgehead atoms. The first-order valence-electron chi connectivity index (χ1n) is 10.3. The normalized spacial score (nSPS) is 15.9. The van der Waals surface area contributed by atoms with E-state index in [0.29, 0.717) is 12.8 Å². The Morgan fingerprint density at radius 3 is 1.88 bits per heavy atom. The lowest BCUT2D eigenvalue weighted by molar-refractivity contribution is -0.145. The van der Waals surface area contributed by atoms with Crippen LogP contribution in [0.25, 0.3) is 0 Å². The van der Waals surface area contributed by atoms with E-state index in [9.17, 15) is 28.8 Å². The van der Waals surface area contributed by atoms with Crippen LogP contribution in [0, 0.1) is 5.92 Å². The second kappa shape index (κ2) is 17.1. The molecule has 34 heavy (non-hydrogen) atoms. The van der Waals surface area contributed by atoms with E-state index < -0.39 is 47.7 Å². The number of methoxy groups -OCH3 is 3. The number of nitrogens with zero attached hydrogens (tertiary/aromatic N) is 1. The molecule has 0 radical (unpaired) electrons. The highest BCUT2D eigenvalue weighted by Crippen LogP contribution is 2.22. The van der Waals surface area contributed by atoms with E-state index in [2.05, 4.69) is 20.8 Å². The van der Waals surface area contributed by atoms with Crippen LogP contribution in [0.5, 0.6) is 0 Å². The van der Waals surface area contributed by atoms with E-state index in [0.717, 1.165) is 0 Å². The Kier molecular flexibility index (Phi) is 16.4. The van der Waals surface area contributed by atoms with Gasteiger partial charge in [0, 0.05) is 18.5 Å². The first-order valence-corrected chi connectivity index (χ1v) is 10.3. The quantitative estimate of drug-likeness (QED) is 0.199. The number of carbonyl (C=O) groups excluding carboxylic acids is 6. The number of likely N-dealkylation sites (tertiary alicyclic amines) is 1. The average molecular weight is 489 g/mol. The molecule has 3 amide bonds. The summed E-state index contributed by atoms with van der Waals surface area (Å²) in [6.45, 7) is 7.14. The molecule has 1 rings (SSSR count). The predicted molar refractivity (Wildman–Crippen MR) is 120 cm³/mol. The minimum Gasteiger partial charge on any atom is -0.469 e. The Morgan fingerprint density at radius 1 is 1.00 bits per heavy atom. The average Bonchev–Trinajstić information content (AvgIpc) is 3.19. The van der Waals surface area contributed by atoms with Gasteiger partial charge >= 0.3 is 17.9 Å². The van der Waals surface area contributed by atoms with E-state index in [-0.39, 0.29) is 30.9 Å². The summed E-state index contributed by atoms with van der Waals surface area (Å²) in [6, 6.07) is -1.08. The van der Waals surface area contributed by atoms with Crippen LogP contribution >= 0.6 is 0 Å². The first-order chi connectivity index (χ1) is 15.8. The summed E-state index contributed by atoms with van der Waals surface area (Å²) < 4.78 is 13.2. The zero-order valence-corrected chi connectivity index (χ0v) is 20.3. The number of esters is 3. The number of primary amides is 2. The maximum Gasteiger partial charge on any atom is 0.333 e. The fourth-order valence-corrected chi connectivity index (χ4v) is 2.60. The number of amides is 3. The van der Waals surface area contributed by atoms with Crippen LogP contribution in [0.15, 0.2) is 12.2 Å². The van der Waals surface area contributed by atoms with Crippen LogP contribution in [0.3, 0.4) is 0 Å². The molecule has 6 N–H and O–H groups in total. The molecule has 1 saturated heterocycles. The van der Waals surface area contributed by atoms with Crippen molar-refractivity contribution in [1.82, 2.24) is 4.90 Å². The number of nitrogens with two attached hydrogens (primary N) is 3. The maximum atomic E-state index is 11.6. The van der Waals surface area contributed by atoms with E-state index in [1.165, 1.54) is 26.2 Å². The lowest BCUT2D eigenvalue weighted by atomic mass is 10.1. The molecular weight excluding hydrogens is 452 g/mol. The highest BCUT2D eigenvalue weighted by Gasteiger charge is 2.39. The summed E-state index contributed by atoms with van der Waals surface area (Å²) >= 11 is 0. The van der Waals surface area contributed by atoms with Crippen molar-refractivity contribution in [1.29, 1.82) is 0 Å². The summed E-state index contributed by atoms with van der Waals surface area (Å²) in [6.07, 6.45) is 1.05. The summed E-state index contributed by atoms with van der Waals surface area (Å²) in [7, 11) is 3.75. The van der Waals surface area contributed by atoms with E-state index in [4.69, 9.17) is 17.2 Å². The molecule has 0 spiro atoms. The molecular formula is C21H36N4O9. The lowest BCUT2D eigenvalue weighted by Crippen LogP contribution is -2.45. The van der Waals surface area contributed by atoms with Gasteiger partial charge in [-0.25, -0.2) is 4.79 Å². The van der Waals surface area contributed by atoms with Crippen molar-refractivity contribution < 1.29 is 43.0 Å². The monoisotopic (exact) mass is 488 g/mol. The van der Waals surface area contributed by atoms with Gasteiger partial charge in [-0.3, -0.25) is 24.0 Å². The molecule has 1 aliphatic heterocycles. The SMILES string of the molecule is C=C(CC(=O)OC)C(=O)OC.CC[C@@H](C(N)=O)N1CC(C(=O)OC)CC1=O.CC[C@H](N)C(N)=O. The summed E-state index contributed by atoms with van der Waals surface area (Å²) in [5.41, 5.74) is 15.2. The van der Waals surface area contributed by atoms with Crippen LogP contribution in [0.2, 0.25) is 0 Å². The fourth-order valence-electron chi connectivity index (χ4n) is 2.60. The maximum absolute atomic E-state index is 11.6. The zero-order valence-electron chi connectivity index (χ0n) is 20.3. The van der Waals surface area contributed by atoms with Crippen molar-refractivity contribution in [3.05, 3.63) is 12.2 Å². The molecule has 1 heterocycles. The number of carbonyl (C=O) groups is 6. The lowest BCUT2D eigenvalue weighted by Gasteiger charge is -2.24. The van der Waals surface area contributed by atoms with Gasteiger partial charge in [-0.1, -0.05) is 20.4 Å². The molecule has 0 aromatic heterocycles. The molecule has 0 aromatic carbocycles. The molecule has 1 fully saturated rings. The van der Waals surface area contributed by atoms with E-state index >= 15 is 0 Å². The topological polar surface area (TPSA) is 211 Å². The van der Waals surface area contributed by atoms with Crippen LogP contribution in [-0.4, -0.2) is 80.5 Å². The van der Waals surface area contributed by atoms with Crippen LogP contribution < -0.4 is 17.2 Å². The van der Waals surface area contributed by atoms with Crippen molar-refractivity contribution in [2.75, 3.05) is 27.9 Å². The second-order valence-corrected chi connectivity index (χ2v) is 7.06. The largest absolute Gasteiger partial charge is 0.469 e. The highest BCUT2D eigenvalue weighted by atomic mass is 16.5. The van der Waals surface area contributed by atoms with Crippen LogP contribution in [0.4, 0.5) is 0 Å². The van der Waals surface area contributed by atoms with Gasteiger partial charge in [0.25, 0.3) is 0 Å². The molecule has 0 aliphatic carbocycles. The van der Waals surface area contributed by atoms with Gasteiger partial charge in [0.2, 0.25) is 17.7 Å². The molecule has 0 saturated carbocycles. The number of rotatable bonds is 9. The molecule has 13 nitrogen and oxygen atoms in total. The minimum absolute atomic E-state index is 0.0937. The van der Waals surface area contributed by atoms with E-state index in [1.54, 1.807) is 6.92 Å². The number of hydrogen-bond acceptors (Lipinski definition) is 10.